The Bertz CT molecular complexity index is 571. The normalized spacial score (nSPS) is 12.1. The molecule has 0 spiro atoms. The van der Waals surface area contributed by atoms with Gasteiger partial charge in [0.2, 0.25) is 5.91 Å². The number of anilines is 1. The molecule has 0 aliphatic heterocycles. The summed E-state index contributed by atoms with van der Waals surface area (Å²) < 4.78 is 0. The van der Waals surface area contributed by atoms with E-state index in [2.05, 4.69) is 16.0 Å². The van der Waals surface area contributed by atoms with Crippen LogP contribution in [0.3, 0.4) is 0 Å². The Morgan fingerprint density at radius 1 is 1.25 bits per heavy atom. The third kappa shape index (κ3) is 7.99. The summed E-state index contributed by atoms with van der Waals surface area (Å²) in [6.45, 7) is 8.44. The molecule has 0 radical (unpaired) electrons. The molecule has 7 heteroatoms. The lowest BCUT2D eigenvalue weighted by atomic mass is 9.92. The predicted octanol–water partition coefficient (Wildman–Crippen LogP) is 3.47. The van der Waals surface area contributed by atoms with Gasteiger partial charge in [-0.15, -0.1) is 12.4 Å². The number of hydrogen-bond acceptors (Lipinski definition) is 3. The number of carbonyl (C=O) groups is 2. The SMILES string of the molecule is CNC(C)CNC(=O)c1cc(NC(=O)CC(C)(C)C)ccc1Cl.Cl. The van der Waals surface area contributed by atoms with Crippen LogP contribution in [0.15, 0.2) is 18.2 Å². The van der Waals surface area contributed by atoms with Crippen LogP contribution >= 0.6 is 24.0 Å². The van der Waals surface area contributed by atoms with Gasteiger partial charge >= 0.3 is 0 Å². The predicted molar refractivity (Wildman–Crippen MR) is 102 cm³/mol. The van der Waals surface area contributed by atoms with Crippen LogP contribution < -0.4 is 16.0 Å². The molecule has 0 aliphatic rings. The first-order chi connectivity index (χ1) is 10.6. The van der Waals surface area contributed by atoms with E-state index in [0.717, 1.165) is 0 Å². The maximum absolute atomic E-state index is 12.2. The Kier molecular flexibility index (Phi) is 9.33. The lowest BCUT2D eigenvalue weighted by Gasteiger charge is -2.17. The molecule has 1 rings (SSSR count). The molecule has 1 aromatic carbocycles. The lowest BCUT2D eigenvalue weighted by Crippen LogP contribution is -2.37. The summed E-state index contributed by atoms with van der Waals surface area (Å²) >= 11 is 6.09. The van der Waals surface area contributed by atoms with Crippen molar-refractivity contribution in [1.29, 1.82) is 0 Å². The fraction of sp³-hybridized carbons (Fsp3) is 0.529. The van der Waals surface area contributed by atoms with Gasteiger partial charge in [-0.2, -0.15) is 0 Å². The van der Waals surface area contributed by atoms with Crippen molar-refractivity contribution in [2.75, 3.05) is 18.9 Å². The zero-order valence-electron chi connectivity index (χ0n) is 14.8. The molecule has 24 heavy (non-hydrogen) atoms. The molecule has 0 fully saturated rings. The van der Waals surface area contributed by atoms with E-state index in [0.29, 0.717) is 29.2 Å². The second-order valence-corrected chi connectivity index (χ2v) is 7.29. The van der Waals surface area contributed by atoms with E-state index in [-0.39, 0.29) is 35.7 Å². The Morgan fingerprint density at radius 3 is 2.42 bits per heavy atom. The average molecular weight is 376 g/mol. The minimum absolute atomic E-state index is 0. The number of amides is 2. The standard InChI is InChI=1S/C17H26ClN3O2.ClH/c1-11(19-5)10-20-16(23)13-8-12(6-7-14(13)18)21-15(22)9-17(2,3)4;/h6-8,11,19H,9-10H2,1-5H3,(H,20,23)(H,21,22);1H. The van der Waals surface area contributed by atoms with Crippen molar-refractivity contribution in [3.63, 3.8) is 0 Å². The molecule has 0 saturated heterocycles. The van der Waals surface area contributed by atoms with Crippen molar-refractivity contribution >= 4 is 41.5 Å². The van der Waals surface area contributed by atoms with Crippen LogP contribution in [0.5, 0.6) is 0 Å². The number of carbonyl (C=O) groups excluding carboxylic acids is 2. The first-order valence-electron chi connectivity index (χ1n) is 7.67. The highest BCUT2D eigenvalue weighted by molar-refractivity contribution is 6.34. The lowest BCUT2D eigenvalue weighted by molar-refractivity contribution is -0.117. The Labute approximate surface area is 155 Å². The summed E-state index contributed by atoms with van der Waals surface area (Å²) in [7, 11) is 1.83. The average Bonchev–Trinajstić information content (AvgIpc) is 2.44. The maximum atomic E-state index is 12.2. The van der Waals surface area contributed by atoms with Gasteiger partial charge in [-0.25, -0.2) is 0 Å². The first-order valence-corrected chi connectivity index (χ1v) is 8.05. The van der Waals surface area contributed by atoms with Crippen molar-refractivity contribution in [2.45, 2.75) is 40.2 Å². The van der Waals surface area contributed by atoms with Gasteiger partial charge in [-0.3, -0.25) is 9.59 Å². The third-order valence-corrected chi connectivity index (χ3v) is 3.58. The van der Waals surface area contributed by atoms with Gasteiger partial charge in [-0.1, -0.05) is 32.4 Å². The summed E-state index contributed by atoms with van der Waals surface area (Å²) in [5.41, 5.74) is 0.819. The molecule has 5 nitrogen and oxygen atoms in total. The van der Waals surface area contributed by atoms with E-state index in [1.54, 1.807) is 18.2 Å². The van der Waals surface area contributed by atoms with Gasteiger partial charge in [0.05, 0.1) is 10.6 Å². The summed E-state index contributed by atoms with van der Waals surface area (Å²) in [5, 5.41) is 9.01. The van der Waals surface area contributed by atoms with Crippen LogP contribution in [0, 0.1) is 5.41 Å². The van der Waals surface area contributed by atoms with Gasteiger partial charge in [-0.05, 0) is 37.6 Å². The fourth-order valence-corrected chi connectivity index (χ4v) is 2.11. The molecule has 0 aliphatic carbocycles. The second kappa shape index (κ2) is 9.87. The molecule has 1 unspecified atom stereocenters. The highest BCUT2D eigenvalue weighted by Crippen LogP contribution is 2.23. The van der Waals surface area contributed by atoms with Crippen molar-refractivity contribution in [1.82, 2.24) is 10.6 Å². The van der Waals surface area contributed by atoms with E-state index in [4.69, 9.17) is 11.6 Å². The van der Waals surface area contributed by atoms with E-state index < -0.39 is 0 Å². The van der Waals surface area contributed by atoms with Crippen LogP contribution in [0.1, 0.15) is 44.5 Å². The molecule has 0 aromatic heterocycles. The molecule has 0 heterocycles. The largest absolute Gasteiger partial charge is 0.350 e. The minimum Gasteiger partial charge on any atom is -0.350 e. The van der Waals surface area contributed by atoms with Crippen LogP contribution in [0.4, 0.5) is 5.69 Å². The number of benzene rings is 1. The Hall–Kier alpha value is -1.30. The van der Waals surface area contributed by atoms with Crippen molar-refractivity contribution < 1.29 is 9.59 Å². The van der Waals surface area contributed by atoms with Crippen LogP contribution in [-0.2, 0) is 4.79 Å². The summed E-state index contributed by atoms with van der Waals surface area (Å²) in [4.78, 5) is 24.2. The highest BCUT2D eigenvalue weighted by Gasteiger charge is 2.17. The minimum atomic E-state index is -0.260. The molecule has 1 atom stereocenters. The summed E-state index contributed by atoms with van der Waals surface area (Å²) in [6, 6.07) is 5.07. The molecular weight excluding hydrogens is 349 g/mol. The first kappa shape index (κ1) is 22.7. The van der Waals surface area contributed by atoms with Crippen LogP contribution in [0.25, 0.3) is 0 Å². The van der Waals surface area contributed by atoms with E-state index in [1.807, 2.05) is 34.7 Å². The third-order valence-electron chi connectivity index (χ3n) is 3.25. The van der Waals surface area contributed by atoms with Crippen LogP contribution in [-0.4, -0.2) is 31.4 Å². The van der Waals surface area contributed by atoms with Crippen molar-refractivity contribution in [3.8, 4) is 0 Å². The summed E-state index contributed by atoms with van der Waals surface area (Å²) in [6.07, 6.45) is 0.400. The van der Waals surface area contributed by atoms with Crippen LogP contribution in [0.2, 0.25) is 5.02 Å². The zero-order valence-corrected chi connectivity index (χ0v) is 16.4. The second-order valence-electron chi connectivity index (χ2n) is 6.88. The molecule has 0 bridgehead atoms. The maximum Gasteiger partial charge on any atom is 0.252 e. The number of rotatable bonds is 6. The smallest absolute Gasteiger partial charge is 0.252 e. The van der Waals surface area contributed by atoms with Gasteiger partial charge in [0.25, 0.3) is 5.91 Å². The van der Waals surface area contributed by atoms with E-state index in [9.17, 15) is 9.59 Å². The van der Waals surface area contributed by atoms with Crippen molar-refractivity contribution in [2.24, 2.45) is 5.41 Å². The number of likely N-dealkylation sites (N-methyl/N-ethyl adjacent to an activating group) is 1. The molecule has 3 N–H and O–H groups in total. The van der Waals surface area contributed by atoms with Gasteiger partial charge in [0.15, 0.2) is 0 Å². The van der Waals surface area contributed by atoms with Crippen molar-refractivity contribution in [3.05, 3.63) is 28.8 Å². The molecule has 0 saturated carbocycles. The van der Waals surface area contributed by atoms with Gasteiger partial charge in [0, 0.05) is 24.7 Å². The van der Waals surface area contributed by atoms with E-state index >= 15 is 0 Å². The van der Waals surface area contributed by atoms with Gasteiger partial charge < -0.3 is 16.0 Å². The highest BCUT2D eigenvalue weighted by atomic mass is 35.5. The Morgan fingerprint density at radius 2 is 1.88 bits per heavy atom. The number of halogens is 2. The number of hydrogen-bond donors (Lipinski definition) is 3. The summed E-state index contributed by atoms with van der Waals surface area (Å²) in [5.74, 6) is -0.348. The van der Waals surface area contributed by atoms with Gasteiger partial charge in [0.1, 0.15) is 0 Å². The molecule has 2 amide bonds. The molecular formula is C17H27Cl2N3O2. The molecule has 136 valence electrons. The zero-order chi connectivity index (χ0) is 17.6. The number of nitrogens with one attached hydrogen (secondary N) is 3. The molecule has 1 aromatic rings. The quantitative estimate of drug-likeness (QED) is 0.712. The fourth-order valence-electron chi connectivity index (χ4n) is 1.91. The van der Waals surface area contributed by atoms with E-state index in [1.165, 1.54) is 0 Å². The topological polar surface area (TPSA) is 70.2 Å². The Balaban J connectivity index is 0.00000529. The monoisotopic (exact) mass is 375 g/mol.